The van der Waals surface area contributed by atoms with Crippen LogP contribution in [0.5, 0.6) is 0 Å². The lowest BCUT2D eigenvalue weighted by Crippen LogP contribution is -2.12. The molecule has 3 aromatic rings. The zero-order valence-electron chi connectivity index (χ0n) is 9.70. The molecule has 0 radical (unpaired) electrons. The van der Waals surface area contributed by atoms with Crippen molar-refractivity contribution in [3.8, 4) is 0 Å². The van der Waals surface area contributed by atoms with E-state index in [-0.39, 0.29) is 5.91 Å². The molecule has 0 bridgehead atoms. The summed E-state index contributed by atoms with van der Waals surface area (Å²) < 4.78 is 0. The first kappa shape index (κ1) is 11.5. The number of nitrogens with two attached hydrogens (primary N) is 1. The van der Waals surface area contributed by atoms with E-state index in [1.54, 1.807) is 36.0 Å². The lowest BCUT2D eigenvalue weighted by molar-refractivity contribution is 0.102. The molecular formula is C12H9N5OS. The molecule has 94 valence electrons. The Morgan fingerprint density at radius 2 is 2.00 bits per heavy atom. The first-order valence-electron chi connectivity index (χ1n) is 5.45. The summed E-state index contributed by atoms with van der Waals surface area (Å²) in [5, 5.41) is 4.73. The monoisotopic (exact) mass is 271 g/mol. The number of nitrogen functional groups attached to an aromatic ring is 1. The number of hydrogen-bond donors (Lipinski definition) is 2. The number of aromatic nitrogens is 3. The number of carbonyl (C=O) groups is 1. The van der Waals surface area contributed by atoms with Crippen LogP contribution in [0.25, 0.3) is 11.0 Å². The van der Waals surface area contributed by atoms with Crippen molar-refractivity contribution in [2.24, 2.45) is 0 Å². The summed E-state index contributed by atoms with van der Waals surface area (Å²) in [7, 11) is 0. The topological polar surface area (TPSA) is 93.8 Å². The maximum absolute atomic E-state index is 11.9. The minimum Gasteiger partial charge on any atom is -0.375 e. The average Bonchev–Trinajstić information content (AvgIpc) is 2.85. The molecule has 0 aliphatic heterocycles. The average molecular weight is 271 g/mol. The van der Waals surface area contributed by atoms with Crippen LogP contribution in [-0.4, -0.2) is 20.9 Å². The van der Waals surface area contributed by atoms with Crippen molar-refractivity contribution in [3.63, 3.8) is 0 Å². The van der Waals surface area contributed by atoms with Gasteiger partial charge < -0.3 is 11.1 Å². The Labute approximate surface area is 112 Å². The van der Waals surface area contributed by atoms with Gasteiger partial charge in [-0.15, -0.1) is 11.3 Å². The standard InChI is InChI=1S/C12H9N5OS/c13-12-17-10(6-19-12)11(18)16-7-1-2-8-9(5-7)15-4-3-14-8/h1-6H,(H2,13,17)(H,16,18). The minimum atomic E-state index is -0.295. The number of carbonyl (C=O) groups excluding carboxylic acids is 1. The van der Waals surface area contributed by atoms with E-state index < -0.39 is 0 Å². The summed E-state index contributed by atoms with van der Waals surface area (Å²) in [6, 6.07) is 5.33. The number of thiazole rings is 1. The van der Waals surface area contributed by atoms with Crippen molar-refractivity contribution in [1.82, 2.24) is 15.0 Å². The van der Waals surface area contributed by atoms with Crippen molar-refractivity contribution in [1.29, 1.82) is 0 Å². The Balaban J connectivity index is 1.87. The maximum atomic E-state index is 11.9. The summed E-state index contributed by atoms with van der Waals surface area (Å²) in [6.45, 7) is 0. The van der Waals surface area contributed by atoms with E-state index in [1.165, 1.54) is 11.3 Å². The Hall–Kier alpha value is -2.54. The van der Waals surface area contributed by atoms with Gasteiger partial charge in [-0.1, -0.05) is 0 Å². The summed E-state index contributed by atoms with van der Waals surface area (Å²) in [6.07, 6.45) is 3.23. The van der Waals surface area contributed by atoms with Gasteiger partial charge in [0.25, 0.3) is 5.91 Å². The number of amides is 1. The van der Waals surface area contributed by atoms with Gasteiger partial charge in [-0.25, -0.2) is 4.98 Å². The van der Waals surface area contributed by atoms with Crippen LogP contribution in [0.3, 0.4) is 0 Å². The van der Waals surface area contributed by atoms with Gasteiger partial charge in [0.05, 0.1) is 11.0 Å². The molecule has 0 aliphatic rings. The molecular weight excluding hydrogens is 262 g/mol. The predicted molar refractivity (Wildman–Crippen MR) is 74.0 cm³/mol. The summed E-state index contributed by atoms with van der Waals surface area (Å²) in [5.41, 5.74) is 7.94. The quantitative estimate of drug-likeness (QED) is 0.742. The molecule has 3 N–H and O–H groups in total. The first-order valence-corrected chi connectivity index (χ1v) is 6.33. The zero-order chi connectivity index (χ0) is 13.2. The molecule has 6 nitrogen and oxygen atoms in total. The SMILES string of the molecule is Nc1nc(C(=O)Nc2ccc3nccnc3c2)cs1. The highest BCUT2D eigenvalue weighted by atomic mass is 32.1. The third-order valence-corrected chi connectivity index (χ3v) is 3.16. The summed E-state index contributed by atoms with van der Waals surface area (Å²) >= 11 is 1.23. The molecule has 0 spiro atoms. The number of benzene rings is 1. The zero-order valence-corrected chi connectivity index (χ0v) is 10.5. The predicted octanol–water partition coefficient (Wildman–Crippen LogP) is 1.92. The van der Waals surface area contributed by atoms with Crippen LogP contribution in [0.4, 0.5) is 10.8 Å². The fourth-order valence-electron chi connectivity index (χ4n) is 1.63. The number of hydrogen-bond acceptors (Lipinski definition) is 6. The lowest BCUT2D eigenvalue weighted by atomic mass is 10.2. The molecule has 0 atom stereocenters. The molecule has 3 rings (SSSR count). The molecule has 19 heavy (non-hydrogen) atoms. The van der Waals surface area contributed by atoms with Gasteiger partial charge in [0, 0.05) is 23.5 Å². The molecule has 0 unspecified atom stereocenters. The fourth-order valence-corrected chi connectivity index (χ4v) is 2.17. The number of nitrogens with zero attached hydrogens (tertiary/aromatic N) is 3. The molecule has 7 heteroatoms. The Morgan fingerprint density at radius 1 is 1.21 bits per heavy atom. The third-order valence-electron chi connectivity index (χ3n) is 2.48. The number of anilines is 2. The van der Waals surface area contributed by atoms with Crippen molar-refractivity contribution in [2.75, 3.05) is 11.1 Å². The smallest absolute Gasteiger partial charge is 0.275 e. The van der Waals surface area contributed by atoms with Crippen LogP contribution in [0.1, 0.15) is 10.5 Å². The number of nitrogens with one attached hydrogen (secondary N) is 1. The highest BCUT2D eigenvalue weighted by Gasteiger charge is 2.10. The molecule has 2 heterocycles. The van der Waals surface area contributed by atoms with E-state index in [4.69, 9.17) is 5.73 Å². The van der Waals surface area contributed by atoms with Gasteiger partial charge in [-0.2, -0.15) is 0 Å². The van der Waals surface area contributed by atoms with E-state index in [0.29, 0.717) is 16.5 Å². The molecule has 0 saturated carbocycles. The molecule has 0 fully saturated rings. The highest BCUT2D eigenvalue weighted by molar-refractivity contribution is 7.13. The third kappa shape index (κ3) is 2.36. The van der Waals surface area contributed by atoms with E-state index in [1.807, 2.05) is 0 Å². The van der Waals surface area contributed by atoms with Crippen LogP contribution >= 0.6 is 11.3 Å². The second-order valence-electron chi connectivity index (χ2n) is 3.78. The van der Waals surface area contributed by atoms with Gasteiger partial charge >= 0.3 is 0 Å². The summed E-state index contributed by atoms with van der Waals surface area (Å²) in [5.74, 6) is -0.295. The Kier molecular flexibility index (Phi) is 2.81. The Morgan fingerprint density at radius 3 is 2.74 bits per heavy atom. The second kappa shape index (κ2) is 4.62. The molecule has 2 aromatic heterocycles. The van der Waals surface area contributed by atoms with Crippen molar-refractivity contribution in [2.45, 2.75) is 0 Å². The minimum absolute atomic E-state index is 0.295. The van der Waals surface area contributed by atoms with Gasteiger partial charge in [0.2, 0.25) is 0 Å². The van der Waals surface area contributed by atoms with Gasteiger partial charge in [0.1, 0.15) is 5.69 Å². The molecule has 0 saturated heterocycles. The van der Waals surface area contributed by atoms with Gasteiger partial charge in [-0.3, -0.25) is 14.8 Å². The van der Waals surface area contributed by atoms with Gasteiger partial charge in [0.15, 0.2) is 5.13 Å². The van der Waals surface area contributed by atoms with Crippen molar-refractivity contribution < 1.29 is 4.79 Å². The largest absolute Gasteiger partial charge is 0.375 e. The van der Waals surface area contributed by atoms with Crippen LogP contribution in [-0.2, 0) is 0 Å². The lowest BCUT2D eigenvalue weighted by Gasteiger charge is -2.04. The molecule has 1 aromatic carbocycles. The first-order chi connectivity index (χ1) is 9.22. The van der Waals surface area contributed by atoms with E-state index in [2.05, 4.69) is 20.3 Å². The fraction of sp³-hybridized carbons (Fsp3) is 0. The highest BCUT2D eigenvalue weighted by Crippen LogP contribution is 2.17. The Bertz CT molecular complexity index is 754. The number of fused-ring (bicyclic) bond motifs is 1. The van der Waals surface area contributed by atoms with E-state index in [0.717, 1.165) is 11.0 Å². The maximum Gasteiger partial charge on any atom is 0.275 e. The van der Waals surface area contributed by atoms with E-state index >= 15 is 0 Å². The van der Waals surface area contributed by atoms with Crippen LogP contribution in [0.2, 0.25) is 0 Å². The molecule has 1 amide bonds. The van der Waals surface area contributed by atoms with Gasteiger partial charge in [-0.05, 0) is 18.2 Å². The number of rotatable bonds is 2. The van der Waals surface area contributed by atoms with Crippen LogP contribution in [0.15, 0.2) is 36.0 Å². The van der Waals surface area contributed by atoms with E-state index in [9.17, 15) is 4.79 Å². The van der Waals surface area contributed by atoms with Crippen molar-refractivity contribution in [3.05, 3.63) is 41.7 Å². The van der Waals surface area contributed by atoms with Crippen LogP contribution < -0.4 is 11.1 Å². The molecule has 0 aliphatic carbocycles. The van der Waals surface area contributed by atoms with Crippen LogP contribution in [0, 0.1) is 0 Å². The normalized spacial score (nSPS) is 10.5. The second-order valence-corrected chi connectivity index (χ2v) is 4.67. The van der Waals surface area contributed by atoms with Crippen molar-refractivity contribution >= 4 is 39.1 Å². The summed E-state index contributed by atoms with van der Waals surface area (Å²) in [4.78, 5) is 24.2.